The van der Waals surface area contributed by atoms with Crippen LogP contribution in [-0.4, -0.2) is 33.5 Å². The largest absolute Gasteiger partial charge is 0.385 e. The fraction of sp³-hybridized carbons (Fsp3) is 0.714. The molecule has 136 valence electrons. The third-order valence-electron chi connectivity index (χ3n) is 8.22. The van der Waals surface area contributed by atoms with Gasteiger partial charge in [-0.3, -0.25) is 9.59 Å². The summed E-state index contributed by atoms with van der Waals surface area (Å²) in [4.78, 5) is 25.1. The quantitative estimate of drug-likeness (QED) is 0.717. The lowest BCUT2D eigenvalue weighted by Gasteiger charge is -2.57. The van der Waals surface area contributed by atoms with Crippen LogP contribution in [0, 0.1) is 28.6 Å². The number of carbonyl (C=O) groups excluding carboxylic acids is 2. The fourth-order valence-corrected chi connectivity index (χ4v) is 6.75. The lowest BCUT2D eigenvalue weighted by atomic mass is 9.47. The molecule has 0 radical (unpaired) electrons. The van der Waals surface area contributed by atoms with Gasteiger partial charge in [0.1, 0.15) is 5.60 Å². The molecule has 7 atom stereocenters. The van der Waals surface area contributed by atoms with E-state index in [2.05, 4.69) is 13.8 Å². The molecule has 0 aliphatic heterocycles. The second-order valence-electron chi connectivity index (χ2n) is 9.13. The van der Waals surface area contributed by atoms with Gasteiger partial charge in [-0.25, -0.2) is 0 Å². The third kappa shape index (κ3) is 2.01. The van der Waals surface area contributed by atoms with Gasteiger partial charge in [0.25, 0.3) is 0 Å². The van der Waals surface area contributed by atoms with E-state index in [0.717, 1.165) is 24.8 Å². The molecule has 0 spiro atoms. The molecule has 3 fully saturated rings. The summed E-state index contributed by atoms with van der Waals surface area (Å²) in [6.45, 7) is 5.67. The second kappa shape index (κ2) is 5.14. The number of hydrogen-bond acceptors (Lipinski definition) is 4. The maximum atomic E-state index is 12.9. The Bertz CT molecular complexity index is 707. The Hall–Kier alpha value is -1.26. The molecular weight excluding hydrogens is 316 g/mol. The maximum absolute atomic E-state index is 12.9. The number of aliphatic hydroxyl groups is 2. The van der Waals surface area contributed by atoms with Crippen molar-refractivity contribution in [2.45, 2.75) is 64.6 Å². The molecule has 0 aromatic carbocycles. The summed E-state index contributed by atoms with van der Waals surface area (Å²) in [5, 5.41) is 21.0. The lowest BCUT2D eigenvalue weighted by molar-refractivity contribution is -0.159. The summed E-state index contributed by atoms with van der Waals surface area (Å²) >= 11 is 0. The predicted octanol–water partition coefficient (Wildman–Crippen LogP) is 2.59. The summed E-state index contributed by atoms with van der Waals surface area (Å²) < 4.78 is 0. The summed E-state index contributed by atoms with van der Waals surface area (Å²) in [5.41, 5.74) is -1.26. The predicted molar refractivity (Wildman–Crippen MR) is 93.6 cm³/mol. The molecule has 0 unspecified atom stereocenters. The van der Waals surface area contributed by atoms with Crippen molar-refractivity contribution >= 4 is 11.6 Å². The van der Waals surface area contributed by atoms with Crippen LogP contribution in [0.25, 0.3) is 0 Å². The van der Waals surface area contributed by atoms with Crippen LogP contribution in [0.2, 0.25) is 0 Å². The van der Waals surface area contributed by atoms with Crippen LogP contribution in [0.5, 0.6) is 0 Å². The summed E-state index contributed by atoms with van der Waals surface area (Å²) in [6.07, 6.45) is 8.35. The minimum atomic E-state index is -1.25. The molecule has 4 aliphatic carbocycles. The van der Waals surface area contributed by atoms with Gasteiger partial charge in [0.2, 0.25) is 0 Å². The van der Waals surface area contributed by atoms with Crippen molar-refractivity contribution in [2.75, 3.05) is 0 Å². The average molecular weight is 344 g/mol. The molecule has 0 amide bonds. The van der Waals surface area contributed by atoms with Crippen LogP contribution < -0.4 is 0 Å². The zero-order chi connectivity index (χ0) is 18.2. The Morgan fingerprint density at radius 3 is 2.56 bits per heavy atom. The highest BCUT2D eigenvalue weighted by Gasteiger charge is 2.66. The standard InChI is InChI=1S/C21H28O4/c1-12(22)21(25)9-6-16-14-11-18(24)17-10-13(23)4-7-19(17,2)15(14)5-8-20(16,21)3/h4,7,10,13-16,23,25H,5-6,8-9,11H2,1-3H3/t13-,14+,15-,16-,19+,20-,21-/m0/s1. The Morgan fingerprint density at radius 2 is 1.88 bits per heavy atom. The van der Waals surface area contributed by atoms with Crippen molar-refractivity contribution in [1.82, 2.24) is 0 Å². The first-order valence-electron chi connectivity index (χ1n) is 9.50. The molecule has 4 nitrogen and oxygen atoms in total. The molecule has 0 aromatic rings. The molecule has 2 N–H and O–H groups in total. The van der Waals surface area contributed by atoms with Crippen molar-refractivity contribution in [2.24, 2.45) is 28.6 Å². The number of hydrogen-bond donors (Lipinski definition) is 2. The lowest BCUT2D eigenvalue weighted by Crippen LogP contribution is -2.57. The second-order valence-corrected chi connectivity index (χ2v) is 9.13. The monoisotopic (exact) mass is 344 g/mol. The molecule has 0 bridgehead atoms. The number of Topliss-reactive ketones (excluding diaryl/α,β-unsaturated/α-hetero) is 2. The number of allylic oxidation sites excluding steroid dienone is 2. The first-order valence-corrected chi connectivity index (χ1v) is 9.50. The summed E-state index contributed by atoms with van der Waals surface area (Å²) in [7, 11) is 0. The Labute approximate surface area is 149 Å². The molecule has 3 saturated carbocycles. The van der Waals surface area contributed by atoms with Gasteiger partial charge >= 0.3 is 0 Å². The van der Waals surface area contributed by atoms with E-state index in [0.29, 0.717) is 18.8 Å². The smallest absolute Gasteiger partial charge is 0.161 e. The number of carbonyl (C=O) groups is 2. The Balaban J connectivity index is 1.75. The molecule has 4 aliphatic rings. The van der Waals surface area contributed by atoms with Gasteiger partial charge in [-0.15, -0.1) is 0 Å². The topological polar surface area (TPSA) is 74.6 Å². The van der Waals surface area contributed by atoms with Crippen molar-refractivity contribution in [3.63, 3.8) is 0 Å². The SMILES string of the molecule is CC(=O)[C@@]1(O)CC[C@H]2[C@@H]3CC(=O)C4=C[C@@H](O)C=C[C@]4(C)[C@H]3CC[C@@]21C. The highest BCUT2D eigenvalue weighted by Crippen LogP contribution is 2.66. The highest BCUT2D eigenvalue weighted by molar-refractivity contribution is 5.99. The van der Waals surface area contributed by atoms with Crippen molar-refractivity contribution in [3.05, 3.63) is 23.8 Å². The van der Waals surface area contributed by atoms with Gasteiger partial charge < -0.3 is 10.2 Å². The minimum Gasteiger partial charge on any atom is -0.385 e. The Morgan fingerprint density at radius 1 is 1.20 bits per heavy atom. The zero-order valence-corrected chi connectivity index (χ0v) is 15.3. The zero-order valence-electron chi connectivity index (χ0n) is 15.3. The van der Waals surface area contributed by atoms with Crippen molar-refractivity contribution in [3.8, 4) is 0 Å². The van der Waals surface area contributed by atoms with Crippen LogP contribution in [0.4, 0.5) is 0 Å². The van der Waals surface area contributed by atoms with E-state index in [9.17, 15) is 19.8 Å². The van der Waals surface area contributed by atoms with Gasteiger partial charge in [0.05, 0.1) is 6.10 Å². The molecule has 4 heteroatoms. The minimum absolute atomic E-state index is 0.120. The molecule has 0 aromatic heterocycles. The van der Waals surface area contributed by atoms with Gasteiger partial charge in [-0.05, 0) is 56.4 Å². The Kier molecular flexibility index (Phi) is 3.53. The normalized spacial score (nSPS) is 51.4. The van der Waals surface area contributed by atoms with E-state index < -0.39 is 17.1 Å². The number of ketones is 2. The third-order valence-corrected chi connectivity index (χ3v) is 8.22. The van der Waals surface area contributed by atoms with Crippen LogP contribution in [0.1, 0.15) is 52.9 Å². The van der Waals surface area contributed by atoms with Gasteiger partial charge in [0, 0.05) is 22.8 Å². The maximum Gasteiger partial charge on any atom is 0.161 e. The molecule has 4 rings (SSSR count). The molecular formula is C21H28O4. The first kappa shape index (κ1) is 17.2. The fourth-order valence-electron chi connectivity index (χ4n) is 6.75. The summed E-state index contributed by atoms with van der Waals surface area (Å²) in [6, 6.07) is 0. The van der Waals surface area contributed by atoms with E-state index in [1.54, 1.807) is 12.2 Å². The van der Waals surface area contributed by atoms with E-state index >= 15 is 0 Å². The van der Waals surface area contributed by atoms with Crippen LogP contribution >= 0.6 is 0 Å². The number of rotatable bonds is 1. The highest BCUT2D eigenvalue weighted by atomic mass is 16.3. The van der Waals surface area contributed by atoms with E-state index in [-0.39, 0.29) is 28.8 Å². The molecule has 0 heterocycles. The number of fused-ring (bicyclic) bond motifs is 5. The summed E-state index contributed by atoms with van der Waals surface area (Å²) in [5.74, 6) is 0.706. The van der Waals surface area contributed by atoms with Crippen LogP contribution in [-0.2, 0) is 9.59 Å². The van der Waals surface area contributed by atoms with Gasteiger partial charge in [-0.1, -0.05) is 26.0 Å². The van der Waals surface area contributed by atoms with E-state index in [1.807, 2.05) is 6.08 Å². The number of aliphatic hydroxyl groups excluding tert-OH is 1. The first-order chi connectivity index (χ1) is 11.6. The van der Waals surface area contributed by atoms with Crippen molar-refractivity contribution in [1.29, 1.82) is 0 Å². The van der Waals surface area contributed by atoms with E-state index in [4.69, 9.17) is 0 Å². The van der Waals surface area contributed by atoms with Crippen molar-refractivity contribution < 1.29 is 19.8 Å². The average Bonchev–Trinajstić information content (AvgIpc) is 2.83. The van der Waals surface area contributed by atoms with Crippen LogP contribution in [0.15, 0.2) is 23.8 Å². The van der Waals surface area contributed by atoms with Gasteiger partial charge in [0.15, 0.2) is 11.6 Å². The van der Waals surface area contributed by atoms with E-state index in [1.165, 1.54) is 6.92 Å². The molecule has 0 saturated heterocycles. The van der Waals surface area contributed by atoms with Crippen LogP contribution in [0.3, 0.4) is 0 Å². The van der Waals surface area contributed by atoms with Gasteiger partial charge in [-0.2, -0.15) is 0 Å². The molecule has 25 heavy (non-hydrogen) atoms.